The molecule has 0 radical (unpaired) electrons. The minimum Gasteiger partial charge on any atom is -0.378 e. The summed E-state index contributed by atoms with van der Waals surface area (Å²) in [7, 11) is 0. The molecule has 5 nitrogen and oxygen atoms in total. The van der Waals surface area contributed by atoms with E-state index in [0.717, 1.165) is 11.3 Å². The van der Waals surface area contributed by atoms with Crippen molar-refractivity contribution < 1.29 is 9.18 Å². The van der Waals surface area contributed by atoms with Crippen LogP contribution in [-0.4, -0.2) is 15.7 Å². The van der Waals surface area contributed by atoms with Gasteiger partial charge < -0.3 is 11.1 Å². The van der Waals surface area contributed by atoms with E-state index in [9.17, 15) is 9.18 Å². The standard InChI is InChI=1S/C12H13FN4O/c13-10-3-1-2-9(4-10)5-15-11-6-16-17(7-11)8-12(14)18/h1-4,6-7,15H,5,8H2,(H2,14,18). The van der Waals surface area contributed by atoms with E-state index >= 15 is 0 Å². The summed E-state index contributed by atoms with van der Waals surface area (Å²) < 4.78 is 14.4. The lowest BCUT2D eigenvalue weighted by molar-refractivity contribution is -0.118. The average Bonchev–Trinajstić information content (AvgIpc) is 2.73. The van der Waals surface area contributed by atoms with Gasteiger partial charge in [-0.2, -0.15) is 5.10 Å². The van der Waals surface area contributed by atoms with E-state index in [1.165, 1.54) is 16.8 Å². The third kappa shape index (κ3) is 3.31. The molecule has 6 heteroatoms. The molecule has 0 fully saturated rings. The second-order valence-corrected chi connectivity index (χ2v) is 3.88. The molecule has 0 saturated heterocycles. The number of hydrogen-bond acceptors (Lipinski definition) is 3. The molecule has 3 N–H and O–H groups in total. The predicted molar refractivity (Wildman–Crippen MR) is 65.1 cm³/mol. The van der Waals surface area contributed by atoms with Crippen LogP contribution in [0.15, 0.2) is 36.7 Å². The van der Waals surface area contributed by atoms with Crippen molar-refractivity contribution in [2.24, 2.45) is 5.73 Å². The molecule has 0 atom stereocenters. The minimum absolute atomic E-state index is 0.0433. The maximum absolute atomic E-state index is 12.9. The summed E-state index contributed by atoms with van der Waals surface area (Å²) >= 11 is 0. The summed E-state index contributed by atoms with van der Waals surface area (Å²) in [4.78, 5) is 10.7. The predicted octanol–water partition coefficient (Wildman–Crippen LogP) is 1.12. The molecule has 1 aromatic heterocycles. The van der Waals surface area contributed by atoms with Gasteiger partial charge in [-0.15, -0.1) is 0 Å². The fraction of sp³-hybridized carbons (Fsp3) is 0.167. The van der Waals surface area contributed by atoms with Gasteiger partial charge in [-0.25, -0.2) is 4.39 Å². The molecule has 2 aromatic rings. The van der Waals surface area contributed by atoms with Crippen molar-refractivity contribution in [2.45, 2.75) is 13.1 Å². The van der Waals surface area contributed by atoms with Gasteiger partial charge in [0.15, 0.2) is 0 Å². The fourth-order valence-corrected chi connectivity index (χ4v) is 1.55. The highest BCUT2D eigenvalue weighted by Crippen LogP contribution is 2.09. The first-order chi connectivity index (χ1) is 8.63. The quantitative estimate of drug-likeness (QED) is 0.832. The molecule has 0 saturated carbocycles. The number of primary amides is 1. The molecule has 0 aliphatic heterocycles. The van der Waals surface area contributed by atoms with Crippen LogP contribution in [0.3, 0.4) is 0 Å². The van der Waals surface area contributed by atoms with Crippen molar-refractivity contribution in [2.75, 3.05) is 5.32 Å². The molecule has 1 aromatic carbocycles. The third-order valence-electron chi connectivity index (χ3n) is 2.34. The van der Waals surface area contributed by atoms with E-state index < -0.39 is 5.91 Å². The minimum atomic E-state index is -0.449. The number of carbonyl (C=O) groups is 1. The molecule has 2 rings (SSSR count). The van der Waals surface area contributed by atoms with Crippen molar-refractivity contribution >= 4 is 11.6 Å². The highest BCUT2D eigenvalue weighted by molar-refractivity contribution is 5.73. The summed E-state index contributed by atoms with van der Waals surface area (Å²) in [6, 6.07) is 6.34. The summed E-state index contributed by atoms with van der Waals surface area (Å²) in [6.45, 7) is 0.529. The van der Waals surface area contributed by atoms with Crippen molar-refractivity contribution in [3.8, 4) is 0 Å². The number of nitrogens with one attached hydrogen (secondary N) is 1. The maximum atomic E-state index is 12.9. The zero-order chi connectivity index (χ0) is 13.0. The zero-order valence-corrected chi connectivity index (χ0v) is 9.64. The van der Waals surface area contributed by atoms with Crippen LogP contribution >= 0.6 is 0 Å². The Morgan fingerprint density at radius 3 is 3.06 bits per heavy atom. The van der Waals surface area contributed by atoms with Crippen molar-refractivity contribution in [3.63, 3.8) is 0 Å². The Labute approximate surface area is 103 Å². The van der Waals surface area contributed by atoms with E-state index in [1.54, 1.807) is 18.5 Å². The second-order valence-electron chi connectivity index (χ2n) is 3.88. The number of aromatic nitrogens is 2. The monoisotopic (exact) mass is 248 g/mol. The molecular formula is C12H13FN4O. The van der Waals surface area contributed by atoms with E-state index in [4.69, 9.17) is 5.73 Å². The number of halogens is 1. The Bertz CT molecular complexity index is 553. The molecule has 94 valence electrons. The maximum Gasteiger partial charge on any atom is 0.239 e. The molecule has 1 heterocycles. The van der Waals surface area contributed by atoms with E-state index in [0.29, 0.717) is 6.54 Å². The topological polar surface area (TPSA) is 72.9 Å². The van der Waals surface area contributed by atoms with Gasteiger partial charge >= 0.3 is 0 Å². The lowest BCUT2D eigenvalue weighted by atomic mass is 10.2. The smallest absolute Gasteiger partial charge is 0.239 e. The number of hydrogen-bond donors (Lipinski definition) is 2. The molecule has 1 amide bonds. The largest absolute Gasteiger partial charge is 0.378 e. The first-order valence-electron chi connectivity index (χ1n) is 5.42. The molecule has 18 heavy (non-hydrogen) atoms. The highest BCUT2D eigenvalue weighted by atomic mass is 19.1. The number of nitrogens with two attached hydrogens (primary N) is 1. The van der Waals surface area contributed by atoms with Gasteiger partial charge in [0.1, 0.15) is 12.4 Å². The average molecular weight is 248 g/mol. The summed E-state index contributed by atoms with van der Waals surface area (Å²) in [5, 5.41) is 7.05. The zero-order valence-electron chi connectivity index (χ0n) is 9.64. The van der Waals surface area contributed by atoms with Crippen LogP contribution in [0, 0.1) is 5.82 Å². The van der Waals surface area contributed by atoms with E-state index in [-0.39, 0.29) is 12.4 Å². The van der Waals surface area contributed by atoms with Crippen LogP contribution in [0.4, 0.5) is 10.1 Å². The molecule has 0 unspecified atom stereocenters. The molecule has 0 aliphatic rings. The summed E-state index contributed by atoms with van der Waals surface area (Å²) in [5.41, 5.74) is 6.64. The summed E-state index contributed by atoms with van der Waals surface area (Å²) in [6.07, 6.45) is 3.26. The number of benzene rings is 1. The fourth-order valence-electron chi connectivity index (χ4n) is 1.55. The normalized spacial score (nSPS) is 10.3. The number of amides is 1. The van der Waals surface area contributed by atoms with Crippen LogP contribution in [0.5, 0.6) is 0 Å². The van der Waals surface area contributed by atoms with Gasteiger partial charge in [-0.05, 0) is 17.7 Å². The summed E-state index contributed by atoms with van der Waals surface area (Å²) in [5.74, 6) is -0.714. The van der Waals surface area contributed by atoms with Gasteiger partial charge in [0.05, 0.1) is 11.9 Å². The van der Waals surface area contributed by atoms with Crippen LogP contribution in [0.25, 0.3) is 0 Å². The molecule has 0 aliphatic carbocycles. The number of rotatable bonds is 5. The van der Waals surface area contributed by atoms with Crippen molar-refractivity contribution in [3.05, 3.63) is 48.0 Å². The van der Waals surface area contributed by atoms with E-state index in [2.05, 4.69) is 10.4 Å². The Morgan fingerprint density at radius 1 is 1.50 bits per heavy atom. The number of carbonyl (C=O) groups excluding carboxylic acids is 1. The Balaban J connectivity index is 1.94. The molecule has 0 bridgehead atoms. The first-order valence-corrected chi connectivity index (χ1v) is 5.42. The lowest BCUT2D eigenvalue weighted by Crippen LogP contribution is -2.18. The Kier molecular flexibility index (Phi) is 3.57. The van der Waals surface area contributed by atoms with Gasteiger partial charge in [-0.3, -0.25) is 9.48 Å². The van der Waals surface area contributed by atoms with Crippen molar-refractivity contribution in [1.82, 2.24) is 9.78 Å². The number of nitrogens with zero attached hydrogens (tertiary/aromatic N) is 2. The third-order valence-corrected chi connectivity index (χ3v) is 2.34. The van der Waals surface area contributed by atoms with E-state index in [1.807, 2.05) is 6.07 Å². The van der Waals surface area contributed by atoms with Gasteiger partial charge in [-0.1, -0.05) is 12.1 Å². The molecular weight excluding hydrogens is 235 g/mol. The molecule has 0 spiro atoms. The van der Waals surface area contributed by atoms with Crippen LogP contribution < -0.4 is 11.1 Å². The van der Waals surface area contributed by atoms with Crippen LogP contribution in [0.2, 0.25) is 0 Å². The Hall–Kier alpha value is -2.37. The van der Waals surface area contributed by atoms with Crippen molar-refractivity contribution in [1.29, 1.82) is 0 Å². The van der Waals surface area contributed by atoms with Gasteiger partial charge in [0.25, 0.3) is 0 Å². The van der Waals surface area contributed by atoms with Gasteiger partial charge in [0.2, 0.25) is 5.91 Å². The van der Waals surface area contributed by atoms with Gasteiger partial charge in [0, 0.05) is 12.7 Å². The number of anilines is 1. The first kappa shape index (κ1) is 12.1. The SMILES string of the molecule is NC(=O)Cn1cc(NCc2cccc(F)c2)cn1. The second kappa shape index (κ2) is 5.31. The Morgan fingerprint density at radius 2 is 2.33 bits per heavy atom. The van der Waals surface area contributed by atoms with Crippen LogP contribution in [0.1, 0.15) is 5.56 Å². The van der Waals surface area contributed by atoms with Crippen LogP contribution in [-0.2, 0) is 17.9 Å². The highest BCUT2D eigenvalue weighted by Gasteiger charge is 2.01. The lowest BCUT2D eigenvalue weighted by Gasteiger charge is -2.03.